The Morgan fingerprint density at radius 3 is 0.924 bits per heavy atom. The Kier molecular flexibility index (Phi) is 15.9. The van der Waals surface area contributed by atoms with Gasteiger partial charge < -0.3 is 24.9 Å². The molecule has 1 N–H and O–H groups in total. The Balaban J connectivity index is 0.000000171. The molecule has 0 saturated carbocycles. The maximum atomic E-state index is 3.66. The molecule has 0 atom stereocenters. The fourth-order valence-corrected chi connectivity index (χ4v) is 12.3. The summed E-state index contributed by atoms with van der Waals surface area (Å²) in [5, 5.41) is 2.75. The third-order valence-corrected chi connectivity index (χ3v) is 16.5. The number of fused-ring (bicyclic) bond motifs is 4. The van der Waals surface area contributed by atoms with Gasteiger partial charge in [-0.15, -0.1) is 0 Å². The van der Waals surface area contributed by atoms with Crippen LogP contribution in [-0.4, -0.2) is 42.3 Å². The summed E-state index contributed by atoms with van der Waals surface area (Å²) in [6, 6.07) is 85.2. The van der Waals surface area contributed by atoms with Gasteiger partial charge in [-0.2, -0.15) is 0 Å². The van der Waals surface area contributed by atoms with Crippen LogP contribution in [0.2, 0.25) is 0 Å². The molecule has 0 unspecified atom stereocenters. The Morgan fingerprint density at radius 2 is 0.608 bits per heavy atom. The SMILES string of the molecule is CNC.Cc1ccc(N2c3ccccc3C(c3ccc(Br)cc3)(c3ccc(Br)cc3)c3cc(C)ccc32)cc1.Cc1ccc(N2c3ccccc3C(c3ccc(N(C)C)cc3)(c3ccc(N(C)C)cc3)c3cc(C)ccc32)cc1. The highest BCUT2D eigenvalue weighted by Crippen LogP contribution is 2.60. The molecule has 2 aliphatic heterocycles. The largest absolute Gasteiger partial charge is 0.378 e. The molecule has 0 aromatic heterocycles. The number of nitrogens with zero attached hydrogens (tertiary/aromatic N) is 4. The van der Waals surface area contributed by atoms with Crippen molar-refractivity contribution in [2.75, 3.05) is 61.9 Å². The predicted molar refractivity (Wildman–Crippen MR) is 344 cm³/mol. The van der Waals surface area contributed by atoms with Gasteiger partial charge in [0.05, 0.1) is 33.6 Å². The second-order valence-electron chi connectivity index (χ2n) is 21.3. The summed E-state index contributed by atoms with van der Waals surface area (Å²) in [4.78, 5) is 9.17. The van der Waals surface area contributed by atoms with E-state index in [9.17, 15) is 0 Å². The first kappa shape index (κ1) is 54.7. The van der Waals surface area contributed by atoms with E-state index < -0.39 is 10.8 Å². The lowest BCUT2D eigenvalue weighted by molar-refractivity contribution is 0.730. The topological polar surface area (TPSA) is 25.0 Å². The third-order valence-electron chi connectivity index (χ3n) is 15.5. The molecule has 7 heteroatoms. The lowest BCUT2D eigenvalue weighted by atomic mass is 9.62. The highest BCUT2D eigenvalue weighted by molar-refractivity contribution is 9.10. The molecule has 10 aromatic rings. The molecule has 10 aromatic carbocycles. The first-order chi connectivity index (χ1) is 38.2. The zero-order valence-electron chi connectivity index (χ0n) is 47.0. The number of halogens is 2. The Bertz CT molecular complexity index is 3620. The maximum absolute atomic E-state index is 3.66. The molecule has 12 rings (SSSR count). The molecule has 0 amide bonds. The minimum atomic E-state index is -0.491. The zero-order valence-corrected chi connectivity index (χ0v) is 50.2. The lowest BCUT2D eigenvalue weighted by Crippen LogP contribution is -2.38. The maximum Gasteiger partial charge on any atom is 0.0742 e. The summed E-state index contributed by atoms with van der Waals surface area (Å²) in [5.41, 5.74) is 23.7. The van der Waals surface area contributed by atoms with Gasteiger partial charge in [-0.3, -0.25) is 0 Å². The van der Waals surface area contributed by atoms with Crippen molar-refractivity contribution >= 4 is 77.4 Å². The predicted octanol–water partition coefficient (Wildman–Crippen LogP) is 18.4. The lowest BCUT2D eigenvalue weighted by Gasteiger charge is -2.46. The molecule has 79 heavy (non-hydrogen) atoms. The van der Waals surface area contributed by atoms with E-state index in [0.29, 0.717) is 0 Å². The molecule has 0 fully saturated rings. The van der Waals surface area contributed by atoms with Crippen LogP contribution in [0.3, 0.4) is 0 Å². The van der Waals surface area contributed by atoms with Gasteiger partial charge in [0, 0.05) is 59.9 Å². The van der Waals surface area contributed by atoms with Crippen LogP contribution in [0.5, 0.6) is 0 Å². The zero-order chi connectivity index (χ0) is 55.6. The van der Waals surface area contributed by atoms with Crippen molar-refractivity contribution in [3.63, 3.8) is 0 Å². The molecule has 2 aliphatic rings. The van der Waals surface area contributed by atoms with E-state index in [1.54, 1.807) is 0 Å². The van der Waals surface area contributed by atoms with E-state index in [4.69, 9.17) is 0 Å². The van der Waals surface area contributed by atoms with Crippen LogP contribution in [0, 0.1) is 27.7 Å². The number of benzene rings is 10. The summed E-state index contributed by atoms with van der Waals surface area (Å²) in [5.74, 6) is 0. The van der Waals surface area contributed by atoms with E-state index in [1.807, 2.05) is 14.1 Å². The van der Waals surface area contributed by atoms with Crippen molar-refractivity contribution in [3.05, 3.63) is 306 Å². The summed E-state index contributed by atoms with van der Waals surface area (Å²) in [7, 11) is 12.1. The number of hydrogen-bond acceptors (Lipinski definition) is 5. The molecule has 2 heterocycles. The van der Waals surface area contributed by atoms with E-state index >= 15 is 0 Å². The van der Waals surface area contributed by atoms with Gasteiger partial charge in [-0.05, 0) is 183 Å². The fraction of sp³-hybridized carbons (Fsp3) is 0.167. The monoisotopic (exact) mass is 1160 g/mol. The van der Waals surface area contributed by atoms with Gasteiger partial charge in [0.15, 0.2) is 0 Å². The number of aryl methyl sites for hydroxylation is 4. The second-order valence-corrected chi connectivity index (χ2v) is 23.1. The number of nitrogens with one attached hydrogen (secondary N) is 1. The highest BCUT2D eigenvalue weighted by atomic mass is 79.9. The van der Waals surface area contributed by atoms with Gasteiger partial charge >= 0.3 is 0 Å². The minimum Gasteiger partial charge on any atom is -0.378 e. The number of para-hydroxylation sites is 2. The van der Waals surface area contributed by atoms with Crippen LogP contribution in [-0.2, 0) is 10.8 Å². The van der Waals surface area contributed by atoms with Crippen molar-refractivity contribution in [3.8, 4) is 0 Å². The number of anilines is 8. The molecule has 5 nitrogen and oxygen atoms in total. The summed E-state index contributed by atoms with van der Waals surface area (Å²) in [6.07, 6.45) is 0. The van der Waals surface area contributed by atoms with Gasteiger partial charge in [0.25, 0.3) is 0 Å². The Labute approximate surface area is 486 Å². The standard InChI is InChI=1S/C37H37N3.C33H25Br2N.C2H7N/c1-26-11-18-32(19-12-26)40-35-10-8-7-9-33(35)37(34-25-27(2)13-24-36(34)40,28-14-20-30(21-15-28)38(3)4)29-16-22-31(23-17-29)39(5)6;1-22-7-18-28(19-8-22)36-31-6-4-3-5-29(31)33(24-10-14-26(34)15-11-24,25-12-16-27(35)17-13-25)30-21-23(2)9-20-32(30)36;1-3-2/h7-25H,1-6H3;3-21H,1-2H3;3H,1-2H3. The normalized spacial score (nSPS) is 13.3. The van der Waals surface area contributed by atoms with Gasteiger partial charge in [-0.1, -0.05) is 188 Å². The van der Waals surface area contributed by atoms with Crippen LogP contribution in [0.15, 0.2) is 239 Å². The molecule has 0 aliphatic carbocycles. The van der Waals surface area contributed by atoms with Crippen LogP contribution in [0.4, 0.5) is 45.5 Å². The van der Waals surface area contributed by atoms with Crippen LogP contribution >= 0.6 is 31.9 Å². The van der Waals surface area contributed by atoms with Crippen molar-refractivity contribution in [2.24, 2.45) is 0 Å². The average Bonchev–Trinajstić information content (AvgIpc) is 3.60. The van der Waals surface area contributed by atoms with Crippen LogP contribution < -0.4 is 24.9 Å². The Hall–Kier alpha value is -7.68. The molecule has 0 radical (unpaired) electrons. The quantitative estimate of drug-likeness (QED) is 0.163. The van der Waals surface area contributed by atoms with Crippen molar-refractivity contribution in [1.82, 2.24) is 5.32 Å². The first-order valence-corrected chi connectivity index (χ1v) is 28.6. The first-order valence-electron chi connectivity index (χ1n) is 27.0. The molecular weight excluding hydrogens is 1090 g/mol. The summed E-state index contributed by atoms with van der Waals surface area (Å²) < 4.78 is 2.15. The van der Waals surface area contributed by atoms with Gasteiger partial charge in [0.1, 0.15) is 0 Å². The number of rotatable bonds is 8. The second kappa shape index (κ2) is 23.0. The van der Waals surface area contributed by atoms with Crippen LogP contribution in [0.25, 0.3) is 0 Å². The van der Waals surface area contributed by atoms with Gasteiger partial charge in [-0.25, -0.2) is 0 Å². The third kappa shape index (κ3) is 10.1. The molecule has 0 saturated heterocycles. The van der Waals surface area contributed by atoms with Crippen molar-refractivity contribution in [1.29, 1.82) is 0 Å². The smallest absolute Gasteiger partial charge is 0.0742 e. The van der Waals surface area contributed by atoms with Crippen molar-refractivity contribution in [2.45, 2.75) is 38.5 Å². The highest BCUT2D eigenvalue weighted by Gasteiger charge is 2.48. The van der Waals surface area contributed by atoms with Gasteiger partial charge in [0.2, 0.25) is 0 Å². The molecule has 0 spiro atoms. The van der Waals surface area contributed by atoms with E-state index in [-0.39, 0.29) is 0 Å². The van der Waals surface area contributed by atoms with Crippen molar-refractivity contribution < 1.29 is 0 Å². The molecular formula is C72H69Br2N5. The van der Waals surface area contributed by atoms with E-state index in [0.717, 1.165) is 8.95 Å². The summed E-state index contributed by atoms with van der Waals surface area (Å²) >= 11 is 7.32. The Morgan fingerprint density at radius 1 is 0.329 bits per heavy atom. The number of hydrogen-bond donors (Lipinski definition) is 1. The molecule has 396 valence electrons. The summed E-state index contributed by atoms with van der Waals surface area (Å²) in [6.45, 7) is 8.67. The fourth-order valence-electron chi connectivity index (χ4n) is 11.8. The van der Waals surface area contributed by atoms with Crippen LogP contribution in [0.1, 0.15) is 66.8 Å². The van der Waals surface area contributed by atoms with E-state index in [1.165, 1.54) is 112 Å². The minimum absolute atomic E-state index is 0.472. The van der Waals surface area contributed by atoms with E-state index in [2.05, 4.69) is 343 Å². The molecule has 0 bridgehead atoms. The average molecular weight is 1160 g/mol.